The normalized spacial score (nSPS) is 21.7. The average Bonchev–Trinajstić information content (AvgIpc) is 0.777. The van der Waals surface area contributed by atoms with Gasteiger partial charge in [-0.15, -0.1) is 0 Å². The van der Waals surface area contributed by atoms with Gasteiger partial charge in [-0.25, -0.2) is 4.79 Å². The molecule has 0 aromatic carbocycles. The number of ether oxygens (including phenoxy) is 4. The van der Waals surface area contributed by atoms with Gasteiger partial charge in [-0.05, 0) is 46.5 Å². The Labute approximate surface area is 557 Å². The van der Waals surface area contributed by atoms with Gasteiger partial charge in [0.05, 0.1) is 65.6 Å². The first kappa shape index (κ1) is 84.7. The molecule has 98 heavy (non-hydrogen) atoms. The Morgan fingerprint density at radius 1 is 0.459 bits per heavy atom. The van der Waals surface area contributed by atoms with Crippen LogP contribution in [-0.2, 0) is 100 Å². The van der Waals surface area contributed by atoms with Gasteiger partial charge in [-0.3, -0.25) is 76.7 Å². The zero-order chi connectivity index (χ0) is 73.9. The van der Waals surface area contributed by atoms with E-state index in [-0.39, 0.29) is 32.4 Å². The molecule has 24 N–H and O–H groups in total. The number of aliphatic hydroxyl groups is 5. The van der Waals surface area contributed by atoms with Crippen LogP contribution in [0.3, 0.4) is 0 Å². The molecule has 0 saturated carbocycles. The number of aliphatic carboxylic acids is 2. The number of nitrogens with one attached hydrogen (secondary N) is 15. The highest BCUT2D eigenvalue weighted by molar-refractivity contribution is 5.95. The van der Waals surface area contributed by atoms with Crippen molar-refractivity contribution in [3.8, 4) is 0 Å². The number of amides is 15. The molecule has 552 valence electrons. The van der Waals surface area contributed by atoms with Crippen molar-refractivity contribution in [2.75, 3.05) is 78.7 Å². The zero-order valence-corrected chi connectivity index (χ0v) is 54.0. The Kier molecular flexibility index (Phi) is 37.8. The van der Waals surface area contributed by atoms with E-state index in [9.17, 15) is 112 Å². The van der Waals surface area contributed by atoms with E-state index < -0.39 is 271 Å². The topological polar surface area (TPSA) is 675 Å². The molecule has 2 saturated heterocycles. The first-order valence-electron chi connectivity index (χ1n) is 30.3. The molecule has 2 fully saturated rings. The Morgan fingerprint density at radius 3 is 1.40 bits per heavy atom. The summed E-state index contributed by atoms with van der Waals surface area (Å²) in [6.07, 6.45) is -16.9. The lowest BCUT2D eigenvalue weighted by molar-refractivity contribution is -0.333. The van der Waals surface area contributed by atoms with Gasteiger partial charge in [-0.1, -0.05) is 0 Å². The summed E-state index contributed by atoms with van der Waals surface area (Å²) in [5.41, 5.74) is 5.13. The van der Waals surface area contributed by atoms with E-state index in [4.69, 9.17) is 29.8 Å². The lowest BCUT2D eigenvalue weighted by atomic mass is 9.94. The van der Waals surface area contributed by atoms with E-state index >= 15 is 0 Å². The van der Waals surface area contributed by atoms with Gasteiger partial charge >= 0.3 is 11.9 Å². The smallest absolute Gasteiger partial charge is 0.326 e. The van der Waals surface area contributed by atoms with Gasteiger partial charge in [0.15, 0.2) is 12.6 Å². The second kappa shape index (κ2) is 43.7. The fraction of sp³-hybridized carbons (Fsp3) is 0.685. The van der Waals surface area contributed by atoms with E-state index in [1.807, 2.05) is 5.32 Å². The summed E-state index contributed by atoms with van der Waals surface area (Å²) in [6, 6.07) is -9.51. The highest BCUT2D eigenvalue weighted by atomic mass is 16.7. The number of hydrogen-bond acceptors (Lipinski definition) is 27. The highest BCUT2D eigenvalue weighted by Crippen LogP contribution is 2.31. The first-order valence-corrected chi connectivity index (χ1v) is 30.3. The summed E-state index contributed by atoms with van der Waals surface area (Å²) in [4.78, 5) is 211. The number of carbonyl (C=O) groups excluding carboxylic acids is 15. The SMILES string of the molecule is CC(=O)NC1C(OC2C(CO)OC(O)C(NC(C)=O)C2OC(C)C(=O)NC(C)C(=O)NC(CCC(=O)NC(CCCCNC(=O)CNC(=O)CNC(=O)CNC(=O)CNC(=O)CN)C(=O)NC(C)C(=O)NCC(=O)NCC(=O)NCC(=O)NCC(=O)O)C(=O)O)OC(CO)C(O)C1O. The number of rotatable bonds is 42. The molecule has 0 bridgehead atoms. The largest absolute Gasteiger partial charge is 0.480 e. The third-order valence-corrected chi connectivity index (χ3v) is 13.9. The molecular formula is C54H88N16O28. The van der Waals surface area contributed by atoms with Crippen molar-refractivity contribution in [2.45, 2.75) is 158 Å². The molecule has 0 radical (unpaired) electrons. The lowest BCUT2D eigenvalue weighted by Gasteiger charge is -2.48. The van der Waals surface area contributed by atoms with Crippen molar-refractivity contribution in [3.63, 3.8) is 0 Å². The number of aliphatic hydroxyl groups excluding tert-OH is 5. The Bertz CT molecular complexity index is 2820. The van der Waals surface area contributed by atoms with Gasteiger partial charge in [0.2, 0.25) is 88.6 Å². The molecule has 15 amide bonds. The number of nitrogens with two attached hydrogens (primary N) is 1. The van der Waals surface area contributed by atoms with E-state index in [0.717, 1.165) is 27.7 Å². The van der Waals surface area contributed by atoms with Crippen LogP contribution >= 0.6 is 0 Å². The van der Waals surface area contributed by atoms with Crippen molar-refractivity contribution in [1.82, 2.24) is 79.8 Å². The van der Waals surface area contributed by atoms with Gasteiger partial charge in [0.1, 0.15) is 85.5 Å². The fourth-order valence-electron chi connectivity index (χ4n) is 8.74. The number of hydrogen-bond donors (Lipinski definition) is 23. The van der Waals surface area contributed by atoms with Crippen molar-refractivity contribution in [3.05, 3.63) is 0 Å². The van der Waals surface area contributed by atoms with Crippen molar-refractivity contribution >= 4 is 101 Å². The molecule has 44 heteroatoms. The number of carboxylic acid groups (broad SMARTS) is 2. The van der Waals surface area contributed by atoms with Crippen LogP contribution < -0.4 is 85.5 Å². The average molecular weight is 1410 g/mol. The number of unbranched alkanes of at least 4 members (excludes halogenated alkanes) is 1. The quantitative estimate of drug-likeness (QED) is 0.0252. The third kappa shape index (κ3) is 31.6. The van der Waals surface area contributed by atoms with Crippen LogP contribution in [0.4, 0.5) is 0 Å². The van der Waals surface area contributed by atoms with Crippen molar-refractivity contribution in [1.29, 1.82) is 0 Å². The predicted octanol–water partition coefficient (Wildman–Crippen LogP) is -14.6. The van der Waals surface area contributed by atoms with Crippen LogP contribution in [-0.4, -0.2) is 307 Å². The van der Waals surface area contributed by atoms with Gasteiger partial charge in [0, 0.05) is 26.8 Å². The summed E-state index contributed by atoms with van der Waals surface area (Å²) >= 11 is 0. The maximum atomic E-state index is 13.7. The molecular weight excluding hydrogens is 1320 g/mol. The second-order valence-corrected chi connectivity index (χ2v) is 21.9. The third-order valence-electron chi connectivity index (χ3n) is 13.9. The van der Waals surface area contributed by atoms with Gasteiger partial charge < -0.3 is 140 Å². The number of carboxylic acids is 2. The summed E-state index contributed by atoms with van der Waals surface area (Å²) in [5, 5.41) is 105. The van der Waals surface area contributed by atoms with Crippen LogP contribution in [0.15, 0.2) is 0 Å². The maximum Gasteiger partial charge on any atom is 0.326 e. The van der Waals surface area contributed by atoms with Crippen LogP contribution in [0, 0.1) is 0 Å². The van der Waals surface area contributed by atoms with Crippen molar-refractivity contribution < 1.29 is 136 Å². The molecule has 0 spiro atoms. The minimum Gasteiger partial charge on any atom is -0.480 e. The van der Waals surface area contributed by atoms with Gasteiger partial charge in [0.25, 0.3) is 0 Å². The molecule has 2 heterocycles. The minimum atomic E-state index is -1.96. The second-order valence-electron chi connectivity index (χ2n) is 21.9. The summed E-state index contributed by atoms with van der Waals surface area (Å²) in [7, 11) is 0. The van der Waals surface area contributed by atoms with Crippen LogP contribution in [0.1, 0.15) is 66.7 Å². The van der Waals surface area contributed by atoms with E-state index in [0.29, 0.717) is 0 Å². The molecule has 15 unspecified atom stereocenters. The standard InChI is InChI=1S/C54H88N16O28/c1-23(48(88)64-19-40(83)62-17-38(81)61-18-39(82)63-20-41(84)85)66-51(91)28(8-6-7-11-56-34(77)13-58-36(79)15-60-37(80)16-59-35(78)14-57-33(76)12-55)69-32(75)10-9-29(52(92)93)70-49(89)24(2)65-50(90)25(3)95-47-43(68-27(5)74)53(94)96-31(22-72)46(47)98-54-42(67-26(4)73)45(87)44(86)30(21-71)97-54/h23-25,28-31,42-47,53-54,71-72,86-87,94H,6-22,55H2,1-5H3,(H,56,77)(H,57,76)(H,58,79)(H,59,78)(H,60,80)(H,61,81)(H,62,83)(H,63,82)(H,64,88)(H,65,90)(H,66,91)(H,67,73)(H,68,74)(H,69,75)(H,70,89)(H,84,85)(H,92,93). The van der Waals surface area contributed by atoms with Crippen molar-refractivity contribution in [2.24, 2.45) is 5.73 Å². The molecule has 15 atom stereocenters. The molecule has 2 aliphatic heterocycles. The molecule has 0 aliphatic carbocycles. The van der Waals surface area contributed by atoms with Gasteiger partial charge in [-0.2, -0.15) is 0 Å². The van der Waals surface area contributed by atoms with E-state index in [1.165, 1.54) is 6.92 Å². The lowest BCUT2D eigenvalue weighted by Crippen LogP contribution is -2.70. The van der Waals surface area contributed by atoms with Crippen LogP contribution in [0.2, 0.25) is 0 Å². The maximum absolute atomic E-state index is 13.7. The summed E-state index contributed by atoms with van der Waals surface area (Å²) < 4.78 is 23.2. The number of carbonyl (C=O) groups is 17. The van der Waals surface area contributed by atoms with Crippen LogP contribution in [0.5, 0.6) is 0 Å². The van der Waals surface area contributed by atoms with E-state index in [2.05, 4.69) is 74.4 Å². The molecule has 2 aliphatic rings. The predicted molar refractivity (Wildman–Crippen MR) is 324 cm³/mol. The zero-order valence-electron chi connectivity index (χ0n) is 54.0. The Balaban J connectivity index is 2.16. The molecule has 0 aromatic rings. The monoisotopic (exact) mass is 1410 g/mol. The first-order chi connectivity index (χ1) is 46.1. The Hall–Kier alpha value is -9.41. The fourth-order valence-corrected chi connectivity index (χ4v) is 8.74. The minimum absolute atomic E-state index is 0.0538. The summed E-state index contributed by atoms with van der Waals surface area (Å²) in [6.45, 7) is -1.57. The van der Waals surface area contributed by atoms with Crippen LogP contribution in [0.25, 0.3) is 0 Å². The highest BCUT2D eigenvalue weighted by Gasteiger charge is 2.53. The van der Waals surface area contributed by atoms with E-state index in [1.54, 1.807) is 0 Å². The Morgan fingerprint density at radius 2 is 0.918 bits per heavy atom. The molecule has 2 rings (SSSR count). The summed E-state index contributed by atoms with van der Waals surface area (Å²) in [5.74, 6) is -15.9. The molecule has 44 nitrogen and oxygen atoms in total. The molecule has 0 aromatic heterocycles.